The van der Waals surface area contributed by atoms with E-state index in [2.05, 4.69) is 30.3 Å². The predicted molar refractivity (Wildman–Crippen MR) is 120 cm³/mol. The fraction of sp³-hybridized carbons (Fsp3) is 0.640. The van der Waals surface area contributed by atoms with E-state index >= 15 is 0 Å². The molecule has 0 bridgehead atoms. The summed E-state index contributed by atoms with van der Waals surface area (Å²) in [6.07, 6.45) is 5.32. The van der Waals surface area contributed by atoms with E-state index in [1.165, 1.54) is 0 Å². The van der Waals surface area contributed by atoms with Gasteiger partial charge in [0, 0.05) is 42.3 Å². The first-order chi connectivity index (χ1) is 14.8. The molecule has 5 nitrogen and oxygen atoms in total. The Hall–Kier alpha value is -2.08. The van der Waals surface area contributed by atoms with Crippen LogP contribution in [0.4, 0.5) is 4.39 Å². The molecule has 1 N–H and O–H groups in total. The Bertz CT molecular complexity index is 1020. The van der Waals surface area contributed by atoms with Crippen molar-refractivity contribution in [3.05, 3.63) is 35.2 Å². The minimum Gasteiger partial charge on any atom is -0.461 e. The molecule has 0 radical (unpaired) electrons. The van der Waals surface area contributed by atoms with Crippen molar-refractivity contribution in [2.45, 2.75) is 76.9 Å². The third kappa shape index (κ3) is 2.54. The fourth-order valence-corrected chi connectivity index (χ4v) is 6.86. The summed E-state index contributed by atoms with van der Waals surface area (Å²) in [5.74, 6) is 0. The van der Waals surface area contributed by atoms with Crippen LogP contribution < -0.4 is 4.74 Å². The van der Waals surface area contributed by atoms with Crippen LogP contribution >= 0.6 is 0 Å². The molecule has 6 heteroatoms. The monoisotopic (exact) mass is 424 g/mol. The van der Waals surface area contributed by atoms with E-state index in [4.69, 9.17) is 15.1 Å². The molecule has 1 spiro atoms. The molecule has 0 aromatic carbocycles. The first kappa shape index (κ1) is 20.8. The molecule has 31 heavy (non-hydrogen) atoms. The molecule has 5 aliphatic rings. The zero-order chi connectivity index (χ0) is 22.2. The number of alkyl halides is 1. The molecule has 2 saturated carbocycles. The summed E-state index contributed by atoms with van der Waals surface area (Å²) in [6.45, 7) is 14.5. The van der Waals surface area contributed by atoms with Crippen molar-refractivity contribution in [2.24, 2.45) is 5.41 Å². The quantitative estimate of drug-likeness (QED) is 0.703. The highest BCUT2D eigenvalue weighted by molar-refractivity contribution is 6.13. The zero-order valence-electron chi connectivity index (χ0n) is 19.1. The molecule has 1 aromatic heterocycles. The minimum atomic E-state index is -0.764. The molecule has 6 rings (SSSR count). The maximum absolute atomic E-state index is 14.0. The third-order valence-electron chi connectivity index (χ3n) is 8.52. The Morgan fingerprint density at radius 2 is 2.16 bits per heavy atom. The van der Waals surface area contributed by atoms with Crippen molar-refractivity contribution in [1.29, 1.82) is 5.41 Å². The van der Waals surface area contributed by atoms with Crippen molar-refractivity contribution >= 4 is 11.3 Å². The fourth-order valence-electron chi connectivity index (χ4n) is 6.86. The van der Waals surface area contributed by atoms with Gasteiger partial charge >= 0.3 is 6.01 Å². The van der Waals surface area contributed by atoms with E-state index in [0.717, 1.165) is 53.8 Å². The number of hydrogen-bond acceptors (Lipinski definition) is 5. The largest absolute Gasteiger partial charge is 0.461 e. The lowest BCUT2D eigenvalue weighted by Crippen LogP contribution is -2.43. The van der Waals surface area contributed by atoms with Gasteiger partial charge in [0.1, 0.15) is 12.8 Å². The summed E-state index contributed by atoms with van der Waals surface area (Å²) < 4.78 is 20.1. The summed E-state index contributed by atoms with van der Waals surface area (Å²) >= 11 is 0. The summed E-state index contributed by atoms with van der Waals surface area (Å²) in [6, 6.07) is 0.382. The molecule has 3 heterocycles. The lowest BCUT2D eigenvalue weighted by molar-refractivity contribution is 0.107. The van der Waals surface area contributed by atoms with Crippen LogP contribution in [0.2, 0.25) is 0 Å². The molecule has 2 saturated heterocycles. The van der Waals surface area contributed by atoms with Gasteiger partial charge in [0.25, 0.3) is 0 Å². The molecule has 3 aliphatic carbocycles. The van der Waals surface area contributed by atoms with Gasteiger partial charge in [-0.1, -0.05) is 32.9 Å². The minimum absolute atomic E-state index is 0.0289. The van der Waals surface area contributed by atoms with Crippen LogP contribution in [0.3, 0.4) is 0 Å². The van der Waals surface area contributed by atoms with Crippen LogP contribution in [-0.2, 0) is 5.41 Å². The lowest BCUT2D eigenvalue weighted by Gasteiger charge is -2.31. The smallest absolute Gasteiger partial charge is 0.316 e. The zero-order valence-corrected chi connectivity index (χ0v) is 19.1. The normalized spacial score (nSPS) is 37.6. The average molecular weight is 425 g/mol. The topological polar surface area (TPSA) is 62.1 Å². The van der Waals surface area contributed by atoms with E-state index in [0.29, 0.717) is 37.7 Å². The molecule has 0 amide bonds. The highest BCUT2D eigenvalue weighted by atomic mass is 19.1. The van der Waals surface area contributed by atoms with Crippen molar-refractivity contribution in [2.75, 3.05) is 19.7 Å². The van der Waals surface area contributed by atoms with E-state index in [1.807, 2.05) is 20.0 Å². The number of rotatable bonds is 3. The maximum Gasteiger partial charge on any atom is 0.316 e. The molecule has 4 atom stereocenters. The average Bonchev–Trinajstić information content (AvgIpc) is 2.95. The molecule has 4 fully saturated rings. The van der Waals surface area contributed by atoms with Crippen LogP contribution in [0.15, 0.2) is 23.9 Å². The SMILES string of the molecule is C=C1CC(=N)C2=C(C)c3cnc(OC[C@@]45CCCN4C[C@H](F)C5)nc3C23CC13C.CC. The van der Waals surface area contributed by atoms with Crippen LogP contribution in [0.1, 0.15) is 71.1 Å². The van der Waals surface area contributed by atoms with Gasteiger partial charge in [0.15, 0.2) is 0 Å². The van der Waals surface area contributed by atoms with Gasteiger partial charge in [0.05, 0.1) is 16.6 Å². The third-order valence-corrected chi connectivity index (χ3v) is 8.52. The number of nitrogens with zero attached hydrogens (tertiary/aromatic N) is 3. The standard InChI is InChI=1S/C23H27FN4O.C2H6/c1-13-7-17(25)18-14(2)16-9-26-20(27-19(16)23(18)11-21(13,23)3)29-12-22-5-4-6-28(22)10-15(24)8-22;1-2/h9,15,25H,1,4-8,10-12H2,2-3H3;1-2H3/t15-,21?,22+,23?;/m1./s1. The van der Waals surface area contributed by atoms with Gasteiger partial charge < -0.3 is 10.1 Å². The molecular weight excluding hydrogens is 391 g/mol. The Labute approximate surface area is 184 Å². The van der Waals surface area contributed by atoms with Gasteiger partial charge in [-0.15, -0.1) is 0 Å². The second kappa shape index (κ2) is 6.71. The van der Waals surface area contributed by atoms with Crippen LogP contribution in [0, 0.1) is 10.8 Å². The lowest BCUT2D eigenvalue weighted by atomic mass is 9.73. The second-order valence-corrected chi connectivity index (χ2v) is 9.95. The van der Waals surface area contributed by atoms with Gasteiger partial charge in [-0.3, -0.25) is 4.90 Å². The first-order valence-electron chi connectivity index (χ1n) is 11.7. The number of halogens is 1. The molecular formula is C25H33FN4O. The highest BCUT2D eigenvalue weighted by Crippen LogP contribution is 2.77. The Morgan fingerprint density at radius 3 is 2.94 bits per heavy atom. The van der Waals surface area contributed by atoms with Gasteiger partial charge in [-0.05, 0) is 43.9 Å². The number of hydrogen-bond donors (Lipinski definition) is 1. The first-order valence-corrected chi connectivity index (χ1v) is 11.7. The molecule has 1 aromatic rings. The summed E-state index contributed by atoms with van der Waals surface area (Å²) in [7, 11) is 0. The maximum atomic E-state index is 14.0. The van der Waals surface area contributed by atoms with Gasteiger partial charge in [-0.25, -0.2) is 9.37 Å². The van der Waals surface area contributed by atoms with Gasteiger partial charge in [0.2, 0.25) is 0 Å². The second-order valence-electron chi connectivity index (χ2n) is 9.95. The number of aromatic nitrogens is 2. The summed E-state index contributed by atoms with van der Waals surface area (Å²) in [5.41, 5.74) is 5.65. The van der Waals surface area contributed by atoms with E-state index < -0.39 is 6.17 Å². The number of nitrogens with one attached hydrogen (secondary N) is 1. The van der Waals surface area contributed by atoms with E-state index in [9.17, 15) is 4.39 Å². The van der Waals surface area contributed by atoms with Crippen LogP contribution in [0.25, 0.3) is 5.57 Å². The Balaban J connectivity index is 0.000000994. The van der Waals surface area contributed by atoms with Gasteiger partial charge in [-0.2, -0.15) is 4.98 Å². The Morgan fingerprint density at radius 1 is 1.39 bits per heavy atom. The van der Waals surface area contributed by atoms with Crippen molar-refractivity contribution < 1.29 is 9.13 Å². The summed E-state index contributed by atoms with van der Waals surface area (Å²) in [5, 5.41) is 8.60. The molecule has 2 unspecified atom stereocenters. The summed E-state index contributed by atoms with van der Waals surface area (Å²) in [4.78, 5) is 11.6. The highest BCUT2D eigenvalue weighted by Gasteiger charge is 2.74. The number of ether oxygens (including phenoxy) is 1. The van der Waals surface area contributed by atoms with Crippen LogP contribution in [0.5, 0.6) is 6.01 Å². The van der Waals surface area contributed by atoms with Crippen molar-refractivity contribution in [3.8, 4) is 6.01 Å². The number of fused-ring (bicyclic) bond motifs is 2. The molecule has 166 valence electrons. The van der Waals surface area contributed by atoms with Crippen LogP contribution in [-0.4, -0.2) is 52.0 Å². The molecule has 2 aliphatic heterocycles. The number of allylic oxidation sites excluding steroid dienone is 3. The Kier molecular flexibility index (Phi) is 4.50. The van der Waals surface area contributed by atoms with E-state index in [-0.39, 0.29) is 16.4 Å². The predicted octanol–water partition coefficient (Wildman–Crippen LogP) is 4.87. The van der Waals surface area contributed by atoms with Crippen molar-refractivity contribution in [1.82, 2.24) is 14.9 Å². The van der Waals surface area contributed by atoms with E-state index in [1.54, 1.807) is 0 Å². The van der Waals surface area contributed by atoms with Crippen molar-refractivity contribution in [3.63, 3.8) is 0 Å².